The van der Waals surface area contributed by atoms with E-state index in [1.54, 1.807) is 12.1 Å². The van der Waals surface area contributed by atoms with Crippen molar-refractivity contribution in [3.8, 4) is 0 Å². The Hall–Kier alpha value is -2.14. The SMILES string of the molecule is CC(C)(C)c1ccc(C(=O)N[C@@H](Cc2cccc(Br)c2)C(=O)O)cc1. The quantitative estimate of drug-likeness (QED) is 0.786. The van der Waals surface area contributed by atoms with E-state index in [9.17, 15) is 14.7 Å². The molecule has 25 heavy (non-hydrogen) atoms. The first-order valence-electron chi connectivity index (χ1n) is 8.05. The predicted octanol–water partition coefficient (Wildman–Crippen LogP) is 4.17. The van der Waals surface area contributed by atoms with Gasteiger partial charge in [-0.25, -0.2) is 4.79 Å². The smallest absolute Gasteiger partial charge is 0.326 e. The molecule has 1 atom stereocenters. The first-order valence-corrected chi connectivity index (χ1v) is 8.85. The number of halogens is 1. The van der Waals surface area contributed by atoms with Gasteiger partial charge in [-0.2, -0.15) is 0 Å². The number of hydrogen-bond acceptors (Lipinski definition) is 2. The molecule has 132 valence electrons. The summed E-state index contributed by atoms with van der Waals surface area (Å²) in [5.41, 5.74) is 2.41. The van der Waals surface area contributed by atoms with Gasteiger partial charge >= 0.3 is 5.97 Å². The largest absolute Gasteiger partial charge is 0.480 e. The number of carbonyl (C=O) groups excluding carboxylic acids is 1. The molecule has 0 saturated heterocycles. The van der Waals surface area contributed by atoms with Crippen LogP contribution in [0.4, 0.5) is 0 Å². The third-order valence-electron chi connectivity index (χ3n) is 3.95. The van der Waals surface area contributed by atoms with Gasteiger partial charge in [0.1, 0.15) is 6.04 Å². The maximum Gasteiger partial charge on any atom is 0.326 e. The van der Waals surface area contributed by atoms with Crippen molar-refractivity contribution in [1.82, 2.24) is 5.32 Å². The summed E-state index contributed by atoms with van der Waals surface area (Å²) in [5, 5.41) is 12.0. The number of carboxylic acid groups (broad SMARTS) is 1. The van der Waals surface area contributed by atoms with Crippen LogP contribution in [-0.2, 0) is 16.6 Å². The standard InChI is InChI=1S/C20H22BrNO3/c1-20(2,3)15-9-7-14(8-10-15)18(23)22-17(19(24)25)12-13-5-4-6-16(21)11-13/h4-11,17H,12H2,1-3H3,(H,22,23)(H,24,25)/t17-/m0/s1. The van der Waals surface area contributed by atoms with E-state index in [1.165, 1.54) is 0 Å². The van der Waals surface area contributed by atoms with Crippen LogP contribution in [0.1, 0.15) is 42.3 Å². The molecule has 0 radical (unpaired) electrons. The van der Waals surface area contributed by atoms with E-state index in [4.69, 9.17) is 0 Å². The summed E-state index contributed by atoms with van der Waals surface area (Å²) in [7, 11) is 0. The molecule has 4 nitrogen and oxygen atoms in total. The zero-order valence-corrected chi connectivity index (χ0v) is 16.1. The van der Waals surface area contributed by atoms with Crippen molar-refractivity contribution in [3.05, 3.63) is 69.7 Å². The van der Waals surface area contributed by atoms with E-state index in [2.05, 4.69) is 42.0 Å². The topological polar surface area (TPSA) is 66.4 Å². The predicted molar refractivity (Wildman–Crippen MR) is 102 cm³/mol. The Labute approximate surface area is 156 Å². The molecule has 0 aliphatic carbocycles. The molecule has 0 aliphatic rings. The Morgan fingerprint density at radius 1 is 1.12 bits per heavy atom. The van der Waals surface area contributed by atoms with E-state index in [1.807, 2.05) is 36.4 Å². The highest BCUT2D eigenvalue weighted by Crippen LogP contribution is 2.22. The van der Waals surface area contributed by atoms with E-state index in [0.717, 1.165) is 15.6 Å². The first-order chi connectivity index (χ1) is 11.7. The highest BCUT2D eigenvalue weighted by atomic mass is 79.9. The minimum Gasteiger partial charge on any atom is -0.480 e. The molecular formula is C20H22BrNO3. The van der Waals surface area contributed by atoms with Crippen LogP contribution in [0.25, 0.3) is 0 Å². The lowest BCUT2D eigenvalue weighted by molar-refractivity contribution is -0.139. The second-order valence-corrected chi connectivity index (χ2v) is 7.94. The van der Waals surface area contributed by atoms with Gasteiger partial charge in [-0.3, -0.25) is 4.79 Å². The number of carboxylic acids is 1. The maximum atomic E-state index is 12.4. The van der Waals surface area contributed by atoms with Crippen molar-refractivity contribution in [1.29, 1.82) is 0 Å². The van der Waals surface area contributed by atoms with Gasteiger partial charge in [0, 0.05) is 16.5 Å². The highest BCUT2D eigenvalue weighted by Gasteiger charge is 2.22. The fourth-order valence-electron chi connectivity index (χ4n) is 2.46. The third-order valence-corrected chi connectivity index (χ3v) is 4.44. The summed E-state index contributed by atoms with van der Waals surface area (Å²) in [6, 6.07) is 13.7. The zero-order chi connectivity index (χ0) is 18.6. The molecule has 0 heterocycles. The minimum absolute atomic E-state index is 0.000693. The van der Waals surface area contributed by atoms with Crippen LogP contribution in [0.15, 0.2) is 53.0 Å². The molecule has 0 unspecified atom stereocenters. The molecule has 1 amide bonds. The van der Waals surface area contributed by atoms with E-state index < -0.39 is 12.0 Å². The Morgan fingerprint density at radius 3 is 2.28 bits per heavy atom. The van der Waals surface area contributed by atoms with Crippen molar-refractivity contribution >= 4 is 27.8 Å². The monoisotopic (exact) mass is 403 g/mol. The molecule has 5 heteroatoms. The van der Waals surface area contributed by atoms with Gasteiger partial charge in [-0.1, -0.05) is 61.0 Å². The number of hydrogen-bond donors (Lipinski definition) is 2. The van der Waals surface area contributed by atoms with Crippen LogP contribution in [0.2, 0.25) is 0 Å². The van der Waals surface area contributed by atoms with Gasteiger partial charge < -0.3 is 10.4 Å². The highest BCUT2D eigenvalue weighted by molar-refractivity contribution is 9.10. The number of rotatable bonds is 5. The van der Waals surface area contributed by atoms with Crippen molar-refractivity contribution in [2.45, 2.75) is 38.6 Å². The Balaban J connectivity index is 2.11. The average molecular weight is 404 g/mol. The summed E-state index contributed by atoms with van der Waals surface area (Å²) in [6.45, 7) is 6.29. The molecular weight excluding hydrogens is 382 g/mol. The molecule has 0 bridgehead atoms. The fourth-order valence-corrected chi connectivity index (χ4v) is 2.91. The molecule has 0 aliphatic heterocycles. The van der Waals surface area contributed by atoms with Crippen molar-refractivity contribution in [2.75, 3.05) is 0 Å². The fraction of sp³-hybridized carbons (Fsp3) is 0.300. The molecule has 0 fully saturated rings. The van der Waals surface area contributed by atoms with Crippen molar-refractivity contribution in [3.63, 3.8) is 0 Å². The molecule has 0 aromatic heterocycles. The molecule has 0 saturated carbocycles. The third kappa shape index (κ3) is 5.43. The van der Waals surface area contributed by atoms with Crippen LogP contribution in [0.5, 0.6) is 0 Å². The zero-order valence-electron chi connectivity index (χ0n) is 14.5. The number of nitrogens with one attached hydrogen (secondary N) is 1. The van der Waals surface area contributed by atoms with Crippen LogP contribution in [-0.4, -0.2) is 23.0 Å². The van der Waals surface area contributed by atoms with Gasteiger partial charge in [0.15, 0.2) is 0 Å². The average Bonchev–Trinajstić information content (AvgIpc) is 2.53. The second kappa shape index (κ2) is 7.83. The summed E-state index contributed by atoms with van der Waals surface area (Å²) < 4.78 is 0.873. The van der Waals surface area contributed by atoms with E-state index >= 15 is 0 Å². The van der Waals surface area contributed by atoms with Gasteiger partial charge in [0.2, 0.25) is 0 Å². The van der Waals surface area contributed by atoms with E-state index in [-0.39, 0.29) is 17.7 Å². The van der Waals surface area contributed by atoms with Crippen LogP contribution >= 0.6 is 15.9 Å². The summed E-state index contributed by atoms with van der Waals surface area (Å²) in [5.74, 6) is -1.44. The lowest BCUT2D eigenvalue weighted by atomic mass is 9.86. The van der Waals surface area contributed by atoms with Crippen LogP contribution < -0.4 is 5.32 Å². The van der Waals surface area contributed by atoms with Crippen LogP contribution in [0.3, 0.4) is 0 Å². The molecule has 2 N–H and O–H groups in total. The lowest BCUT2D eigenvalue weighted by Crippen LogP contribution is -2.42. The van der Waals surface area contributed by atoms with Gasteiger partial charge in [0.05, 0.1) is 0 Å². The van der Waals surface area contributed by atoms with Crippen LogP contribution in [0, 0.1) is 0 Å². The lowest BCUT2D eigenvalue weighted by Gasteiger charge is -2.19. The van der Waals surface area contributed by atoms with Gasteiger partial charge in [-0.05, 0) is 40.8 Å². The van der Waals surface area contributed by atoms with Gasteiger partial charge in [-0.15, -0.1) is 0 Å². The summed E-state index contributed by atoms with van der Waals surface area (Å²) in [4.78, 5) is 23.9. The molecule has 2 aromatic rings. The van der Waals surface area contributed by atoms with E-state index in [0.29, 0.717) is 5.56 Å². The number of carbonyl (C=O) groups is 2. The molecule has 2 aromatic carbocycles. The summed E-state index contributed by atoms with van der Waals surface area (Å²) >= 11 is 3.36. The maximum absolute atomic E-state index is 12.4. The molecule has 2 rings (SSSR count). The Bertz CT molecular complexity index is 763. The number of benzene rings is 2. The number of aliphatic carboxylic acids is 1. The van der Waals surface area contributed by atoms with Crippen molar-refractivity contribution < 1.29 is 14.7 Å². The first kappa shape index (κ1) is 19.2. The number of amides is 1. The Morgan fingerprint density at radius 2 is 1.76 bits per heavy atom. The molecule has 0 spiro atoms. The summed E-state index contributed by atoms with van der Waals surface area (Å²) in [6.07, 6.45) is 0.223. The van der Waals surface area contributed by atoms with Crippen molar-refractivity contribution in [2.24, 2.45) is 0 Å². The van der Waals surface area contributed by atoms with Gasteiger partial charge in [0.25, 0.3) is 5.91 Å². The minimum atomic E-state index is -1.06. The Kier molecular flexibility index (Phi) is 6.01. The second-order valence-electron chi connectivity index (χ2n) is 7.03. The normalized spacial score (nSPS) is 12.5.